The van der Waals surface area contributed by atoms with Crippen LogP contribution in [-0.4, -0.2) is 43.9 Å². The second kappa shape index (κ2) is 7.34. The van der Waals surface area contributed by atoms with Gasteiger partial charge in [-0.25, -0.2) is 0 Å². The summed E-state index contributed by atoms with van der Waals surface area (Å²) < 4.78 is 10.6. The third-order valence-corrected chi connectivity index (χ3v) is 3.91. The molecule has 0 fully saturated rings. The van der Waals surface area contributed by atoms with Gasteiger partial charge in [0.25, 0.3) is 0 Å². The Morgan fingerprint density at radius 2 is 1.86 bits per heavy atom. The van der Waals surface area contributed by atoms with E-state index in [9.17, 15) is 5.11 Å². The first kappa shape index (κ1) is 18.1. The Balaban J connectivity index is 3.00. The van der Waals surface area contributed by atoms with Crippen molar-refractivity contribution in [3.63, 3.8) is 0 Å². The van der Waals surface area contributed by atoms with Crippen molar-refractivity contribution in [3.05, 3.63) is 22.7 Å². The Labute approximate surface area is 132 Å². The van der Waals surface area contributed by atoms with Crippen molar-refractivity contribution < 1.29 is 14.6 Å². The van der Waals surface area contributed by atoms with Gasteiger partial charge in [0, 0.05) is 12.6 Å². The van der Waals surface area contributed by atoms with Crippen molar-refractivity contribution in [2.75, 3.05) is 27.9 Å². The van der Waals surface area contributed by atoms with Crippen LogP contribution >= 0.6 is 11.6 Å². The summed E-state index contributed by atoms with van der Waals surface area (Å²) in [5.74, 6) is 1.16. The SMILES string of the molecule is COc1cc(CN(C)C(CO)C(C)(C)C)cc(Cl)c1OC. The molecule has 0 aliphatic carbocycles. The predicted molar refractivity (Wildman–Crippen MR) is 86.4 cm³/mol. The van der Waals surface area contributed by atoms with Crippen molar-refractivity contribution >= 4 is 11.6 Å². The molecular formula is C16H26ClNO3. The van der Waals surface area contributed by atoms with Gasteiger partial charge in [-0.05, 0) is 30.2 Å². The molecule has 4 nitrogen and oxygen atoms in total. The second-order valence-electron chi connectivity index (χ2n) is 6.29. The molecule has 1 aromatic rings. The van der Waals surface area contributed by atoms with Crippen molar-refractivity contribution in [1.82, 2.24) is 4.90 Å². The monoisotopic (exact) mass is 315 g/mol. The Bertz CT molecular complexity index is 471. The number of ether oxygens (including phenoxy) is 2. The lowest BCUT2D eigenvalue weighted by atomic mass is 9.86. The number of aliphatic hydroxyl groups is 1. The average Bonchev–Trinajstić information content (AvgIpc) is 2.36. The van der Waals surface area contributed by atoms with Gasteiger partial charge in [-0.3, -0.25) is 4.90 Å². The molecule has 0 radical (unpaired) electrons. The summed E-state index contributed by atoms with van der Waals surface area (Å²) in [7, 11) is 5.15. The lowest BCUT2D eigenvalue weighted by Gasteiger charge is -2.37. The van der Waals surface area contributed by atoms with Crippen LogP contribution in [0.5, 0.6) is 11.5 Å². The lowest BCUT2D eigenvalue weighted by Crippen LogP contribution is -2.43. The number of hydrogen-bond acceptors (Lipinski definition) is 4. The molecular weight excluding hydrogens is 290 g/mol. The number of halogens is 1. The molecule has 0 bridgehead atoms. The van der Waals surface area contributed by atoms with Gasteiger partial charge in [-0.1, -0.05) is 32.4 Å². The average molecular weight is 316 g/mol. The van der Waals surface area contributed by atoms with Crippen LogP contribution in [0.1, 0.15) is 26.3 Å². The van der Waals surface area contributed by atoms with Crippen LogP contribution < -0.4 is 9.47 Å². The van der Waals surface area contributed by atoms with Crippen LogP contribution in [0.3, 0.4) is 0 Å². The van der Waals surface area contributed by atoms with Crippen LogP contribution in [0.2, 0.25) is 5.02 Å². The Kier molecular flexibility index (Phi) is 6.32. The quantitative estimate of drug-likeness (QED) is 0.875. The zero-order valence-electron chi connectivity index (χ0n) is 13.7. The summed E-state index contributed by atoms with van der Waals surface area (Å²) >= 11 is 6.23. The van der Waals surface area contributed by atoms with Gasteiger partial charge in [0.2, 0.25) is 0 Å². The maximum absolute atomic E-state index is 9.64. The van der Waals surface area contributed by atoms with E-state index in [2.05, 4.69) is 25.7 Å². The number of likely N-dealkylation sites (N-methyl/N-ethyl adjacent to an activating group) is 1. The van der Waals surface area contributed by atoms with E-state index in [1.54, 1.807) is 14.2 Å². The first-order valence-corrected chi connectivity index (χ1v) is 7.33. The largest absolute Gasteiger partial charge is 0.493 e. The van der Waals surface area contributed by atoms with Crippen LogP contribution in [0.15, 0.2) is 12.1 Å². The number of hydrogen-bond donors (Lipinski definition) is 1. The molecule has 0 spiro atoms. The standard InChI is InChI=1S/C16H26ClNO3/c1-16(2,3)14(10-19)18(4)9-11-7-12(17)15(21-6)13(8-11)20-5/h7-8,14,19H,9-10H2,1-6H3. The zero-order chi connectivity index (χ0) is 16.2. The Hall–Kier alpha value is -0.970. The van der Waals surface area contributed by atoms with Gasteiger partial charge >= 0.3 is 0 Å². The fraction of sp³-hybridized carbons (Fsp3) is 0.625. The van der Waals surface area contributed by atoms with Crippen molar-refractivity contribution in [2.24, 2.45) is 5.41 Å². The first-order chi connectivity index (χ1) is 9.74. The molecule has 1 rings (SSSR count). The molecule has 0 amide bonds. The molecule has 0 saturated carbocycles. The van der Waals surface area contributed by atoms with E-state index in [0.29, 0.717) is 23.1 Å². The van der Waals surface area contributed by atoms with E-state index in [-0.39, 0.29) is 18.1 Å². The van der Waals surface area contributed by atoms with E-state index in [0.717, 1.165) is 5.56 Å². The maximum Gasteiger partial charge on any atom is 0.179 e. The minimum Gasteiger partial charge on any atom is -0.493 e. The molecule has 1 aromatic carbocycles. The highest BCUT2D eigenvalue weighted by Crippen LogP contribution is 2.36. The van der Waals surface area contributed by atoms with Gasteiger partial charge in [-0.15, -0.1) is 0 Å². The molecule has 0 saturated heterocycles. The van der Waals surface area contributed by atoms with Gasteiger partial charge in [-0.2, -0.15) is 0 Å². The normalized spacial score (nSPS) is 13.4. The van der Waals surface area contributed by atoms with Crippen LogP contribution in [0.4, 0.5) is 0 Å². The summed E-state index contributed by atoms with van der Waals surface area (Å²) in [6.07, 6.45) is 0. The molecule has 0 aliphatic heterocycles. The van der Waals surface area contributed by atoms with Gasteiger partial charge in [0.1, 0.15) is 0 Å². The summed E-state index contributed by atoms with van der Waals surface area (Å²) in [5.41, 5.74) is 1.01. The highest BCUT2D eigenvalue weighted by molar-refractivity contribution is 6.32. The summed E-state index contributed by atoms with van der Waals surface area (Å²) in [5, 5.41) is 10.2. The van der Waals surface area contributed by atoms with Crippen LogP contribution in [0.25, 0.3) is 0 Å². The van der Waals surface area contributed by atoms with E-state index < -0.39 is 0 Å². The molecule has 21 heavy (non-hydrogen) atoms. The fourth-order valence-corrected chi connectivity index (χ4v) is 2.85. The first-order valence-electron chi connectivity index (χ1n) is 6.96. The van der Waals surface area contributed by atoms with Gasteiger partial charge < -0.3 is 14.6 Å². The molecule has 0 heterocycles. The van der Waals surface area contributed by atoms with E-state index >= 15 is 0 Å². The van der Waals surface area contributed by atoms with Crippen molar-refractivity contribution in [3.8, 4) is 11.5 Å². The zero-order valence-corrected chi connectivity index (χ0v) is 14.5. The summed E-state index contributed by atoms with van der Waals surface area (Å²) in [6.45, 7) is 7.13. The smallest absolute Gasteiger partial charge is 0.179 e. The third-order valence-electron chi connectivity index (χ3n) is 3.63. The van der Waals surface area contributed by atoms with Gasteiger partial charge in [0.15, 0.2) is 11.5 Å². The highest BCUT2D eigenvalue weighted by atomic mass is 35.5. The minimum absolute atomic E-state index is 0.0101. The predicted octanol–water partition coefficient (Wildman–Crippen LogP) is 3.20. The molecule has 0 aliphatic rings. The van der Waals surface area contributed by atoms with Crippen molar-refractivity contribution in [2.45, 2.75) is 33.4 Å². The maximum atomic E-state index is 9.64. The molecule has 5 heteroatoms. The van der Waals surface area contributed by atoms with Crippen LogP contribution in [-0.2, 0) is 6.54 Å². The number of methoxy groups -OCH3 is 2. The minimum atomic E-state index is -0.0101. The van der Waals surface area contributed by atoms with Crippen LogP contribution in [0, 0.1) is 5.41 Å². The molecule has 1 N–H and O–H groups in total. The Morgan fingerprint density at radius 3 is 2.29 bits per heavy atom. The lowest BCUT2D eigenvalue weighted by molar-refractivity contribution is 0.0614. The second-order valence-corrected chi connectivity index (χ2v) is 6.70. The summed E-state index contributed by atoms with van der Waals surface area (Å²) in [6, 6.07) is 3.85. The topological polar surface area (TPSA) is 41.9 Å². The highest BCUT2D eigenvalue weighted by Gasteiger charge is 2.27. The van der Waals surface area contributed by atoms with E-state index in [1.165, 1.54) is 0 Å². The van der Waals surface area contributed by atoms with Gasteiger partial charge in [0.05, 0.1) is 25.8 Å². The Morgan fingerprint density at radius 1 is 1.24 bits per heavy atom. The molecule has 120 valence electrons. The van der Waals surface area contributed by atoms with E-state index in [4.69, 9.17) is 21.1 Å². The number of benzene rings is 1. The number of rotatable bonds is 6. The van der Waals surface area contributed by atoms with E-state index in [1.807, 2.05) is 19.2 Å². The molecule has 1 atom stereocenters. The molecule has 1 unspecified atom stereocenters. The fourth-order valence-electron chi connectivity index (χ4n) is 2.54. The summed E-state index contributed by atoms with van der Waals surface area (Å²) in [4.78, 5) is 2.12. The number of aliphatic hydroxyl groups excluding tert-OH is 1. The third kappa shape index (κ3) is 4.50. The number of nitrogens with zero attached hydrogens (tertiary/aromatic N) is 1. The molecule has 0 aromatic heterocycles. The van der Waals surface area contributed by atoms with Crippen molar-refractivity contribution in [1.29, 1.82) is 0 Å².